The lowest BCUT2D eigenvalue weighted by atomic mass is 9.58. The van der Waals surface area contributed by atoms with E-state index in [9.17, 15) is 5.11 Å². The minimum absolute atomic E-state index is 0.191. The second kappa shape index (κ2) is 10.7. The van der Waals surface area contributed by atoms with Crippen LogP contribution in [0.25, 0.3) is 11.8 Å². The first-order valence-corrected chi connectivity index (χ1v) is 15.6. The normalized spacial score (nSPS) is 25.6. The summed E-state index contributed by atoms with van der Waals surface area (Å²) in [7, 11) is 0. The van der Waals surface area contributed by atoms with Crippen molar-refractivity contribution in [2.45, 2.75) is 63.6 Å². The van der Waals surface area contributed by atoms with Crippen LogP contribution in [-0.2, 0) is 13.0 Å². The number of aromatic nitrogens is 1. The van der Waals surface area contributed by atoms with Gasteiger partial charge in [-0.3, -0.25) is 4.90 Å². The molecule has 0 bridgehead atoms. The number of para-hydroxylation sites is 1. The summed E-state index contributed by atoms with van der Waals surface area (Å²) < 4.78 is 0. The highest BCUT2D eigenvalue weighted by molar-refractivity contribution is 5.86. The molecule has 8 nitrogen and oxygen atoms in total. The number of likely N-dealkylation sites (tertiary alicyclic amines) is 2. The van der Waals surface area contributed by atoms with Crippen LogP contribution in [0.15, 0.2) is 24.3 Å². The van der Waals surface area contributed by atoms with Crippen molar-refractivity contribution in [1.29, 1.82) is 0 Å². The number of benzene rings is 1. The fourth-order valence-corrected chi connectivity index (χ4v) is 8.50. The number of anilines is 1. The molecule has 1 aromatic heterocycles. The van der Waals surface area contributed by atoms with Gasteiger partial charge < -0.3 is 36.7 Å². The van der Waals surface area contributed by atoms with Crippen LogP contribution in [0.3, 0.4) is 0 Å². The number of hydrogen-bond donors (Lipinski definition) is 5. The predicted octanol–water partition coefficient (Wildman–Crippen LogP) is 3.05. The summed E-state index contributed by atoms with van der Waals surface area (Å²) in [6.45, 7) is 10.9. The molecule has 1 aliphatic carbocycles. The van der Waals surface area contributed by atoms with Gasteiger partial charge in [-0.2, -0.15) is 0 Å². The lowest BCUT2D eigenvalue weighted by Gasteiger charge is -2.55. The lowest BCUT2D eigenvalue weighted by molar-refractivity contribution is -0.0232. The van der Waals surface area contributed by atoms with Crippen molar-refractivity contribution in [3.8, 4) is 5.75 Å². The van der Waals surface area contributed by atoms with E-state index in [0.29, 0.717) is 28.5 Å². The standard InChI is InChI=1S/C32H47N7O/c33-28(25-3-1-2-4-30(25)40)15-26-27-19-39(14-9-29(27)36-31(26)34)24-7-12-38(13-8-24)23-5-10-37(11-6-23)18-22-16-32(17-22)20-35-21-32/h1-4,15,22-24,35-36,40H,5-14,16-21,33-34H2/b28-15-. The fourth-order valence-electron chi connectivity index (χ4n) is 8.50. The molecule has 4 aliphatic heterocycles. The molecular weight excluding hydrogens is 498 g/mol. The van der Waals surface area contributed by atoms with Gasteiger partial charge in [-0.25, -0.2) is 0 Å². The van der Waals surface area contributed by atoms with E-state index in [2.05, 4.69) is 25.0 Å². The molecule has 4 fully saturated rings. The van der Waals surface area contributed by atoms with E-state index in [1.807, 2.05) is 24.3 Å². The first-order chi connectivity index (χ1) is 19.5. The number of rotatable bonds is 6. The van der Waals surface area contributed by atoms with Crippen LogP contribution < -0.4 is 16.8 Å². The van der Waals surface area contributed by atoms with Crippen molar-refractivity contribution < 1.29 is 5.11 Å². The molecule has 8 heteroatoms. The third-order valence-corrected chi connectivity index (χ3v) is 10.8. The molecular formula is C32H47N7O. The molecule has 216 valence electrons. The van der Waals surface area contributed by atoms with Crippen molar-refractivity contribution in [2.75, 3.05) is 58.1 Å². The van der Waals surface area contributed by atoms with Crippen molar-refractivity contribution in [3.63, 3.8) is 0 Å². The quantitative estimate of drug-likeness (QED) is 0.380. The number of nitrogens with two attached hydrogens (primary N) is 2. The van der Waals surface area contributed by atoms with Crippen molar-refractivity contribution in [2.24, 2.45) is 17.1 Å². The van der Waals surface area contributed by atoms with E-state index in [1.54, 1.807) is 6.07 Å². The number of fused-ring (bicyclic) bond motifs is 1. The monoisotopic (exact) mass is 545 g/mol. The second-order valence-electron chi connectivity index (χ2n) is 13.4. The van der Waals surface area contributed by atoms with E-state index in [4.69, 9.17) is 11.5 Å². The van der Waals surface area contributed by atoms with Gasteiger partial charge in [0, 0.05) is 73.7 Å². The van der Waals surface area contributed by atoms with Gasteiger partial charge >= 0.3 is 0 Å². The molecule has 0 amide bonds. The Morgan fingerprint density at radius 3 is 2.38 bits per heavy atom. The van der Waals surface area contributed by atoms with Crippen molar-refractivity contribution in [1.82, 2.24) is 25.0 Å². The molecule has 7 N–H and O–H groups in total. The van der Waals surface area contributed by atoms with Gasteiger partial charge in [-0.1, -0.05) is 12.1 Å². The third-order valence-electron chi connectivity index (χ3n) is 10.8. The topological polar surface area (TPSA) is 110 Å². The Morgan fingerprint density at radius 1 is 0.975 bits per heavy atom. The van der Waals surface area contributed by atoms with Gasteiger partial charge in [0.2, 0.25) is 0 Å². The smallest absolute Gasteiger partial charge is 0.124 e. The van der Waals surface area contributed by atoms with Crippen LogP contribution in [-0.4, -0.2) is 89.2 Å². The van der Waals surface area contributed by atoms with E-state index >= 15 is 0 Å². The van der Waals surface area contributed by atoms with Gasteiger partial charge in [-0.05, 0) is 99.8 Å². The summed E-state index contributed by atoms with van der Waals surface area (Å²) >= 11 is 0. The van der Waals surface area contributed by atoms with Crippen molar-refractivity contribution in [3.05, 3.63) is 46.6 Å². The Balaban J connectivity index is 0.915. The molecule has 1 aromatic carbocycles. The van der Waals surface area contributed by atoms with E-state index in [-0.39, 0.29) is 5.75 Å². The summed E-state index contributed by atoms with van der Waals surface area (Å²) in [4.78, 5) is 11.7. The Labute approximate surface area is 238 Å². The lowest BCUT2D eigenvalue weighted by Crippen LogP contribution is -2.61. The summed E-state index contributed by atoms with van der Waals surface area (Å²) in [5, 5.41) is 13.7. The summed E-state index contributed by atoms with van der Waals surface area (Å²) in [6.07, 6.45) is 11.0. The van der Waals surface area contributed by atoms with Crippen LogP contribution in [0.5, 0.6) is 5.75 Å². The molecule has 1 spiro atoms. The largest absolute Gasteiger partial charge is 0.507 e. The Morgan fingerprint density at radius 2 is 1.68 bits per heavy atom. The highest BCUT2D eigenvalue weighted by Gasteiger charge is 2.48. The number of phenolic OH excluding ortho intramolecular Hbond substituents is 1. The molecule has 5 heterocycles. The molecule has 7 rings (SSSR count). The zero-order valence-corrected chi connectivity index (χ0v) is 23.9. The van der Waals surface area contributed by atoms with Crippen LogP contribution in [0.1, 0.15) is 60.9 Å². The van der Waals surface area contributed by atoms with Gasteiger partial charge in [0.15, 0.2) is 0 Å². The maximum Gasteiger partial charge on any atom is 0.124 e. The Hall–Kier alpha value is -2.52. The summed E-state index contributed by atoms with van der Waals surface area (Å²) in [6, 6.07) is 8.60. The molecule has 0 radical (unpaired) electrons. The zero-order chi connectivity index (χ0) is 27.3. The number of nitrogen functional groups attached to an aromatic ring is 1. The molecule has 1 saturated carbocycles. The zero-order valence-electron chi connectivity index (χ0n) is 23.9. The highest BCUT2D eigenvalue weighted by Crippen LogP contribution is 2.48. The number of hydrogen-bond acceptors (Lipinski definition) is 7. The SMILES string of the molecule is N/C(=C\c1c(N)[nH]c2c1CN(C1CCN(C3CCN(CC4CC5(CNC5)C4)CC3)CC1)CC2)c1ccccc1O. The molecule has 2 aromatic rings. The van der Waals surface area contributed by atoms with Crippen LogP contribution in [0.4, 0.5) is 5.82 Å². The summed E-state index contributed by atoms with van der Waals surface area (Å²) in [5.41, 5.74) is 18.2. The number of H-pyrrole nitrogens is 1. The molecule has 0 atom stereocenters. The number of nitrogens with zero attached hydrogens (tertiary/aromatic N) is 3. The van der Waals surface area contributed by atoms with Crippen LogP contribution in [0, 0.1) is 11.3 Å². The second-order valence-corrected chi connectivity index (χ2v) is 13.4. The van der Waals surface area contributed by atoms with Crippen LogP contribution >= 0.6 is 0 Å². The average molecular weight is 546 g/mol. The van der Waals surface area contributed by atoms with Gasteiger partial charge in [-0.15, -0.1) is 0 Å². The maximum absolute atomic E-state index is 10.3. The van der Waals surface area contributed by atoms with E-state index < -0.39 is 0 Å². The number of aromatic hydroxyl groups is 1. The van der Waals surface area contributed by atoms with Gasteiger partial charge in [0.1, 0.15) is 11.6 Å². The predicted molar refractivity (Wildman–Crippen MR) is 162 cm³/mol. The minimum atomic E-state index is 0.191. The minimum Gasteiger partial charge on any atom is -0.507 e. The first-order valence-electron chi connectivity index (χ1n) is 15.6. The molecule has 5 aliphatic rings. The molecule has 0 unspecified atom stereocenters. The van der Waals surface area contributed by atoms with Crippen LogP contribution in [0.2, 0.25) is 0 Å². The maximum atomic E-state index is 10.3. The van der Waals surface area contributed by atoms with Gasteiger partial charge in [0.25, 0.3) is 0 Å². The van der Waals surface area contributed by atoms with E-state index in [0.717, 1.165) is 37.0 Å². The molecule has 3 saturated heterocycles. The number of phenols is 1. The van der Waals surface area contributed by atoms with Gasteiger partial charge in [0.05, 0.1) is 0 Å². The number of piperidine rings is 2. The average Bonchev–Trinajstić information content (AvgIpc) is 3.24. The van der Waals surface area contributed by atoms with Crippen molar-refractivity contribution >= 4 is 17.6 Å². The third kappa shape index (κ3) is 5.04. The number of aromatic amines is 1. The van der Waals surface area contributed by atoms with E-state index in [1.165, 1.54) is 95.6 Å². The fraction of sp³-hybridized carbons (Fsp3) is 0.625. The molecule has 40 heavy (non-hydrogen) atoms. The number of nitrogens with one attached hydrogen (secondary N) is 2. The highest BCUT2D eigenvalue weighted by atomic mass is 16.3. The summed E-state index contributed by atoms with van der Waals surface area (Å²) in [5.74, 6) is 1.81. The Kier molecular flexibility index (Phi) is 7.06. The Bertz CT molecular complexity index is 1230. The first kappa shape index (κ1) is 26.4.